The number of aromatic nitrogens is 3. The highest BCUT2D eigenvalue weighted by molar-refractivity contribution is 7.17. The topological polar surface area (TPSA) is 133 Å². The minimum absolute atomic E-state index is 0.105. The van der Waals surface area contributed by atoms with E-state index in [1.54, 1.807) is 39.0 Å². The predicted molar refractivity (Wildman–Crippen MR) is 162 cm³/mol. The minimum atomic E-state index is -0.863. The summed E-state index contributed by atoms with van der Waals surface area (Å²) in [5, 5.41) is 1.88. The van der Waals surface area contributed by atoms with Crippen LogP contribution in [0.3, 0.4) is 0 Å². The zero-order valence-electron chi connectivity index (χ0n) is 26.0. The van der Waals surface area contributed by atoms with Crippen LogP contribution in [0.4, 0.5) is 15.4 Å². The van der Waals surface area contributed by atoms with E-state index in [1.165, 1.54) is 28.2 Å². The van der Waals surface area contributed by atoms with Crippen molar-refractivity contribution in [2.45, 2.75) is 91.2 Å². The molecule has 12 nitrogen and oxygen atoms in total. The highest BCUT2D eigenvalue weighted by Gasteiger charge is 2.43. The zero-order chi connectivity index (χ0) is 31.7. The second kappa shape index (κ2) is 12.3. The van der Waals surface area contributed by atoms with E-state index in [-0.39, 0.29) is 19.0 Å². The van der Waals surface area contributed by atoms with E-state index in [2.05, 4.69) is 0 Å². The number of pyridine rings is 1. The lowest BCUT2D eigenvalue weighted by atomic mass is 10.2. The molecule has 3 aromatic rings. The Morgan fingerprint density at radius 2 is 1.70 bits per heavy atom. The molecule has 4 rings (SSSR count). The number of thiophene rings is 1. The van der Waals surface area contributed by atoms with Gasteiger partial charge in [-0.3, -0.25) is 9.80 Å². The van der Waals surface area contributed by atoms with Crippen LogP contribution in [0.15, 0.2) is 29.6 Å². The third-order valence-corrected chi connectivity index (χ3v) is 7.12. The van der Waals surface area contributed by atoms with E-state index in [0.29, 0.717) is 33.4 Å². The van der Waals surface area contributed by atoms with Gasteiger partial charge in [0.05, 0.1) is 19.2 Å². The van der Waals surface area contributed by atoms with E-state index >= 15 is 0 Å². The van der Waals surface area contributed by atoms with Gasteiger partial charge in [0.25, 0.3) is 0 Å². The van der Waals surface area contributed by atoms with Gasteiger partial charge < -0.3 is 18.9 Å². The van der Waals surface area contributed by atoms with E-state index in [4.69, 9.17) is 33.9 Å². The van der Waals surface area contributed by atoms with E-state index < -0.39 is 41.5 Å². The van der Waals surface area contributed by atoms with Crippen molar-refractivity contribution in [2.75, 3.05) is 18.6 Å². The van der Waals surface area contributed by atoms with Crippen LogP contribution >= 0.6 is 11.3 Å². The van der Waals surface area contributed by atoms with Gasteiger partial charge in [0.15, 0.2) is 5.82 Å². The fraction of sp³-hybridized carbons (Fsp3) is 0.533. The number of amides is 2. The van der Waals surface area contributed by atoms with Gasteiger partial charge in [-0.2, -0.15) is 4.98 Å². The van der Waals surface area contributed by atoms with Crippen LogP contribution in [-0.4, -0.2) is 81.1 Å². The molecule has 0 bridgehead atoms. The standard InChI is InChI=1S/C30H39N5O7S/c1-17(2)35(28(38)42-30(6,7)8)22-12-10-11-20(31-22)24-32-19-13-14-43-23(19)25(33-24)40-18-15-21(26(36)39-9)34(16-18)27(37)41-29(3,4)5/h10-14,17-18,21H,15-16H2,1-9H3/t18-,21+/m1/s1. The first kappa shape index (κ1) is 31.9. The normalized spacial score (nSPS) is 17.2. The molecule has 0 unspecified atom stereocenters. The largest absolute Gasteiger partial charge is 0.471 e. The van der Waals surface area contributed by atoms with Crippen molar-refractivity contribution in [2.24, 2.45) is 0 Å². The Morgan fingerprint density at radius 1 is 1.00 bits per heavy atom. The smallest absolute Gasteiger partial charge is 0.416 e. The molecule has 13 heteroatoms. The Bertz CT molecular complexity index is 1490. The third-order valence-electron chi connectivity index (χ3n) is 6.23. The second-order valence-electron chi connectivity index (χ2n) is 12.5. The zero-order valence-corrected chi connectivity index (χ0v) is 26.9. The lowest BCUT2D eigenvalue weighted by Gasteiger charge is -2.29. The number of likely N-dealkylation sites (tertiary alicyclic amines) is 1. The van der Waals surface area contributed by atoms with Crippen LogP contribution < -0.4 is 9.64 Å². The van der Waals surface area contributed by atoms with Crippen LogP contribution in [0.25, 0.3) is 21.7 Å². The summed E-state index contributed by atoms with van der Waals surface area (Å²) in [7, 11) is 1.28. The first-order valence-electron chi connectivity index (χ1n) is 14.1. The van der Waals surface area contributed by atoms with E-state index in [0.717, 1.165) is 0 Å². The summed E-state index contributed by atoms with van der Waals surface area (Å²) in [4.78, 5) is 55.4. The molecule has 0 saturated carbocycles. The van der Waals surface area contributed by atoms with Gasteiger partial charge in [0.1, 0.15) is 39.6 Å². The van der Waals surface area contributed by atoms with Gasteiger partial charge >= 0.3 is 18.2 Å². The average Bonchev–Trinajstić information content (AvgIpc) is 3.54. The Balaban J connectivity index is 1.65. The summed E-state index contributed by atoms with van der Waals surface area (Å²) in [6.45, 7) is 14.6. The molecule has 0 aliphatic carbocycles. The van der Waals surface area contributed by atoms with E-state index in [9.17, 15) is 14.4 Å². The average molecular weight is 614 g/mol. The molecule has 3 aromatic heterocycles. The molecule has 1 aliphatic heterocycles. The van der Waals surface area contributed by atoms with Crippen molar-refractivity contribution >= 4 is 45.5 Å². The van der Waals surface area contributed by atoms with Crippen molar-refractivity contribution in [1.82, 2.24) is 19.9 Å². The number of carbonyl (C=O) groups excluding carboxylic acids is 3. The first-order chi connectivity index (χ1) is 20.1. The Morgan fingerprint density at radius 3 is 2.33 bits per heavy atom. The molecule has 2 amide bonds. The number of anilines is 1. The summed E-state index contributed by atoms with van der Waals surface area (Å²) in [6.07, 6.45) is -1.50. The van der Waals surface area contributed by atoms with Gasteiger partial charge in [-0.15, -0.1) is 11.3 Å². The Kier molecular flexibility index (Phi) is 9.14. The summed E-state index contributed by atoms with van der Waals surface area (Å²) in [5.41, 5.74) is -0.333. The number of carbonyl (C=O) groups is 3. The summed E-state index contributed by atoms with van der Waals surface area (Å²) in [5.74, 6) is 0.433. The summed E-state index contributed by atoms with van der Waals surface area (Å²) < 4.78 is 23.2. The number of ether oxygens (including phenoxy) is 4. The number of rotatable bonds is 6. The monoisotopic (exact) mass is 613 g/mol. The molecule has 1 fully saturated rings. The lowest BCUT2D eigenvalue weighted by Crippen LogP contribution is -2.44. The molecule has 1 aliphatic rings. The Labute approximate surface area is 255 Å². The number of hydrogen-bond donors (Lipinski definition) is 0. The van der Waals surface area contributed by atoms with Crippen molar-refractivity contribution in [3.63, 3.8) is 0 Å². The maximum absolute atomic E-state index is 13.0. The molecular formula is C30H39N5O7S. The fourth-order valence-electron chi connectivity index (χ4n) is 4.52. The molecule has 0 N–H and O–H groups in total. The van der Waals surface area contributed by atoms with Gasteiger partial charge in [-0.25, -0.2) is 24.4 Å². The van der Waals surface area contributed by atoms with Crippen molar-refractivity contribution in [1.29, 1.82) is 0 Å². The van der Waals surface area contributed by atoms with Crippen molar-refractivity contribution in [3.8, 4) is 17.4 Å². The molecule has 2 atom stereocenters. The highest BCUT2D eigenvalue weighted by atomic mass is 32.1. The minimum Gasteiger partial charge on any atom is -0.471 e. The molecule has 43 heavy (non-hydrogen) atoms. The van der Waals surface area contributed by atoms with Crippen LogP contribution in [0.5, 0.6) is 5.88 Å². The first-order valence-corrected chi connectivity index (χ1v) is 14.9. The van der Waals surface area contributed by atoms with Crippen molar-refractivity contribution in [3.05, 3.63) is 29.6 Å². The quantitative estimate of drug-likeness (QED) is 0.247. The number of esters is 1. The van der Waals surface area contributed by atoms with Gasteiger partial charge in [0.2, 0.25) is 5.88 Å². The van der Waals surface area contributed by atoms with Gasteiger partial charge in [-0.1, -0.05) is 6.07 Å². The molecule has 4 heterocycles. The number of nitrogens with zero attached hydrogens (tertiary/aromatic N) is 5. The lowest BCUT2D eigenvalue weighted by molar-refractivity contribution is -0.145. The molecule has 1 saturated heterocycles. The maximum atomic E-state index is 13.0. The predicted octanol–water partition coefficient (Wildman–Crippen LogP) is 5.83. The second-order valence-corrected chi connectivity index (χ2v) is 13.4. The molecule has 232 valence electrons. The SMILES string of the molecule is COC(=O)[C@@H]1C[C@@H](Oc2nc(-c3cccc(N(C(=O)OC(C)(C)C)C(C)C)n3)nc3ccsc23)CN1C(=O)OC(C)(C)C. The Hall–Kier alpha value is -4.00. The molecule has 0 spiro atoms. The number of fused-ring (bicyclic) bond motifs is 1. The van der Waals surface area contributed by atoms with Crippen LogP contribution in [-0.2, 0) is 19.0 Å². The van der Waals surface area contributed by atoms with Gasteiger partial charge in [-0.05, 0) is 79.0 Å². The molecule has 0 radical (unpaired) electrons. The summed E-state index contributed by atoms with van der Waals surface area (Å²) >= 11 is 1.41. The van der Waals surface area contributed by atoms with Gasteiger partial charge in [0, 0.05) is 12.5 Å². The third kappa shape index (κ3) is 7.70. The summed E-state index contributed by atoms with van der Waals surface area (Å²) in [6, 6.07) is 6.01. The van der Waals surface area contributed by atoms with E-state index in [1.807, 2.05) is 46.1 Å². The van der Waals surface area contributed by atoms with Crippen molar-refractivity contribution < 1.29 is 33.3 Å². The van der Waals surface area contributed by atoms with Crippen LogP contribution in [0.2, 0.25) is 0 Å². The number of methoxy groups -OCH3 is 1. The molecular weight excluding hydrogens is 574 g/mol. The van der Waals surface area contributed by atoms with Crippen LogP contribution in [0, 0.1) is 0 Å². The highest BCUT2D eigenvalue weighted by Crippen LogP contribution is 2.34. The fourth-order valence-corrected chi connectivity index (χ4v) is 5.28. The maximum Gasteiger partial charge on any atom is 0.416 e. The van der Waals surface area contributed by atoms with Crippen LogP contribution in [0.1, 0.15) is 61.8 Å². The molecule has 0 aromatic carbocycles. The number of hydrogen-bond acceptors (Lipinski definition) is 11.